The van der Waals surface area contributed by atoms with Crippen molar-refractivity contribution in [1.82, 2.24) is 0 Å². The van der Waals surface area contributed by atoms with Crippen LogP contribution in [0.1, 0.15) is 32.1 Å². The Morgan fingerprint density at radius 3 is 2.06 bits per heavy atom. The maximum atomic E-state index is 11.8. The first-order valence-corrected chi connectivity index (χ1v) is 7.59. The van der Waals surface area contributed by atoms with Gasteiger partial charge in [-0.05, 0) is 38.0 Å². The van der Waals surface area contributed by atoms with E-state index in [4.69, 9.17) is 13.8 Å². The van der Waals surface area contributed by atoms with Crippen molar-refractivity contribution in [2.24, 2.45) is 5.92 Å². The molecule has 0 aliphatic heterocycles. The van der Waals surface area contributed by atoms with E-state index >= 15 is 0 Å². The Morgan fingerprint density at radius 1 is 1.06 bits per heavy atom. The highest BCUT2D eigenvalue weighted by atomic mass is 31.2. The first-order chi connectivity index (χ1) is 7.63. The molecule has 1 fully saturated rings. The van der Waals surface area contributed by atoms with Gasteiger partial charge in [-0.3, -0.25) is 4.57 Å². The Kier molecular flexibility index (Phi) is 5.98. The van der Waals surface area contributed by atoms with Gasteiger partial charge in [-0.2, -0.15) is 0 Å². The molecular weight excluding hydrogens is 227 g/mol. The minimum Gasteiger partial charge on any atom is -0.381 e. The van der Waals surface area contributed by atoms with E-state index in [1.54, 1.807) is 7.11 Å². The van der Waals surface area contributed by atoms with Crippen LogP contribution in [0.3, 0.4) is 0 Å². The molecule has 0 amide bonds. The molecule has 96 valence electrons. The molecule has 0 aromatic heterocycles. The van der Waals surface area contributed by atoms with Crippen molar-refractivity contribution in [2.45, 2.75) is 38.2 Å². The second-order valence-corrected chi connectivity index (χ2v) is 6.77. The van der Waals surface area contributed by atoms with Crippen LogP contribution in [0, 0.1) is 5.92 Å². The lowest BCUT2D eigenvalue weighted by Crippen LogP contribution is -2.21. The summed E-state index contributed by atoms with van der Waals surface area (Å²) in [6.07, 6.45) is 6.43. The molecule has 1 aliphatic rings. The van der Waals surface area contributed by atoms with E-state index in [0.717, 1.165) is 32.1 Å². The van der Waals surface area contributed by atoms with Crippen LogP contribution >= 0.6 is 7.60 Å². The summed E-state index contributed by atoms with van der Waals surface area (Å²) in [6.45, 7) is 0. The van der Waals surface area contributed by atoms with Crippen LogP contribution in [0.5, 0.6) is 0 Å². The Hall–Kier alpha value is 0.110. The molecule has 1 saturated carbocycles. The zero-order valence-electron chi connectivity index (χ0n) is 10.5. The van der Waals surface area contributed by atoms with Gasteiger partial charge in [0.25, 0.3) is 0 Å². The molecule has 16 heavy (non-hydrogen) atoms. The molecule has 0 radical (unpaired) electrons. The third-order valence-electron chi connectivity index (χ3n) is 3.49. The summed E-state index contributed by atoms with van der Waals surface area (Å²) in [6, 6.07) is 0. The molecular formula is C11H23O4P. The van der Waals surface area contributed by atoms with E-state index in [1.807, 2.05) is 0 Å². The number of hydrogen-bond donors (Lipinski definition) is 0. The summed E-state index contributed by atoms with van der Waals surface area (Å²) in [5, 5.41) is 0. The van der Waals surface area contributed by atoms with Crippen molar-refractivity contribution < 1.29 is 18.3 Å². The summed E-state index contributed by atoms with van der Waals surface area (Å²) in [5.74, 6) is 0.644. The largest absolute Gasteiger partial charge is 0.381 e. The molecule has 0 N–H and O–H groups in total. The SMILES string of the molecule is COC1CCC(CCP(=O)(OC)OC)CC1. The maximum absolute atomic E-state index is 11.8. The van der Waals surface area contributed by atoms with E-state index in [-0.39, 0.29) is 0 Å². The van der Waals surface area contributed by atoms with Crippen molar-refractivity contribution in [1.29, 1.82) is 0 Å². The van der Waals surface area contributed by atoms with Crippen molar-refractivity contribution in [2.75, 3.05) is 27.5 Å². The minimum atomic E-state index is -2.80. The molecule has 4 nitrogen and oxygen atoms in total. The molecule has 0 aromatic carbocycles. The van der Waals surface area contributed by atoms with Crippen LogP contribution in [-0.4, -0.2) is 33.6 Å². The minimum absolute atomic E-state index is 0.424. The Morgan fingerprint density at radius 2 is 1.62 bits per heavy atom. The standard InChI is InChI=1S/C11H23O4P/c1-13-11-6-4-10(5-7-11)8-9-16(12,14-2)15-3/h10-11H,4-9H2,1-3H3. The molecule has 0 aromatic rings. The third kappa shape index (κ3) is 4.17. The predicted octanol–water partition coefficient (Wildman–Crippen LogP) is 3.07. The lowest BCUT2D eigenvalue weighted by atomic mass is 9.86. The van der Waals surface area contributed by atoms with Crippen LogP contribution in [0.15, 0.2) is 0 Å². The average molecular weight is 250 g/mol. The second kappa shape index (κ2) is 6.75. The van der Waals surface area contributed by atoms with Crippen LogP contribution < -0.4 is 0 Å². The summed E-state index contributed by atoms with van der Waals surface area (Å²) >= 11 is 0. The summed E-state index contributed by atoms with van der Waals surface area (Å²) in [4.78, 5) is 0. The summed E-state index contributed by atoms with van der Waals surface area (Å²) in [5.41, 5.74) is 0. The van der Waals surface area contributed by atoms with Gasteiger partial charge in [-0.15, -0.1) is 0 Å². The highest BCUT2D eigenvalue weighted by molar-refractivity contribution is 7.53. The van der Waals surface area contributed by atoms with E-state index in [2.05, 4.69) is 0 Å². The van der Waals surface area contributed by atoms with Crippen LogP contribution in [-0.2, 0) is 18.3 Å². The van der Waals surface area contributed by atoms with Gasteiger partial charge in [0, 0.05) is 21.3 Å². The van der Waals surface area contributed by atoms with Crippen molar-refractivity contribution in [3.8, 4) is 0 Å². The number of methoxy groups -OCH3 is 1. The summed E-state index contributed by atoms with van der Waals surface area (Å²) < 4.78 is 27.0. The van der Waals surface area contributed by atoms with Crippen LogP contribution in [0.2, 0.25) is 0 Å². The lowest BCUT2D eigenvalue weighted by molar-refractivity contribution is 0.0562. The Bertz CT molecular complexity index is 228. The van der Waals surface area contributed by atoms with Gasteiger partial charge in [-0.25, -0.2) is 0 Å². The molecule has 0 saturated heterocycles. The Labute approximate surface area is 98.2 Å². The second-order valence-electron chi connectivity index (χ2n) is 4.37. The zero-order valence-corrected chi connectivity index (χ0v) is 11.4. The molecule has 5 heteroatoms. The molecule has 1 rings (SSSR count). The third-order valence-corrected chi connectivity index (χ3v) is 5.41. The fraction of sp³-hybridized carbons (Fsp3) is 1.00. The molecule has 0 unspecified atom stereocenters. The smallest absolute Gasteiger partial charge is 0.330 e. The maximum Gasteiger partial charge on any atom is 0.330 e. The normalized spacial score (nSPS) is 26.9. The average Bonchev–Trinajstić information content (AvgIpc) is 2.36. The molecule has 0 spiro atoms. The fourth-order valence-corrected chi connectivity index (χ4v) is 3.45. The van der Waals surface area contributed by atoms with E-state index in [9.17, 15) is 4.57 Å². The van der Waals surface area contributed by atoms with E-state index in [0.29, 0.717) is 18.2 Å². The topological polar surface area (TPSA) is 44.8 Å². The van der Waals surface area contributed by atoms with Crippen LogP contribution in [0.25, 0.3) is 0 Å². The van der Waals surface area contributed by atoms with E-state index in [1.165, 1.54) is 14.2 Å². The number of ether oxygens (including phenoxy) is 1. The number of hydrogen-bond acceptors (Lipinski definition) is 4. The monoisotopic (exact) mass is 250 g/mol. The van der Waals surface area contributed by atoms with Crippen molar-refractivity contribution in [3.63, 3.8) is 0 Å². The highest BCUT2D eigenvalue weighted by Crippen LogP contribution is 2.48. The first kappa shape index (κ1) is 14.2. The number of rotatable bonds is 6. The van der Waals surface area contributed by atoms with Gasteiger partial charge >= 0.3 is 7.60 Å². The molecule has 0 bridgehead atoms. The highest BCUT2D eigenvalue weighted by Gasteiger charge is 2.26. The zero-order chi connectivity index (χ0) is 12.0. The first-order valence-electron chi connectivity index (χ1n) is 5.87. The predicted molar refractivity (Wildman–Crippen MR) is 63.9 cm³/mol. The van der Waals surface area contributed by atoms with Gasteiger partial charge in [0.05, 0.1) is 12.3 Å². The summed E-state index contributed by atoms with van der Waals surface area (Å²) in [7, 11) is 1.87. The van der Waals surface area contributed by atoms with Gasteiger partial charge in [0.1, 0.15) is 0 Å². The molecule has 1 aliphatic carbocycles. The quantitative estimate of drug-likeness (QED) is 0.679. The molecule has 0 atom stereocenters. The van der Waals surface area contributed by atoms with Gasteiger partial charge < -0.3 is 13.8 Å². The Balaban J connectivity index is 2.27. The van der Waals surface area contributed by atoms with Gasteiger partial charge in [0.2, 0.25) is 0 Å². The lowest BCUT2D eigenvalue weighted by Gasteiger charge is -2.28. The van der Waals surface area contributed by atoms with Crippen molar-refractivity contribution in [3.05, 3.63) is 0 Å². The van der Waals surface area contributed by atoms with Gasteiger partial charge in [-0.1, -0.05) is 0 Å². The van der Waals surface area contributed by atoms with Crippen LogP contribution in [0.4, 0.5) is 0 Å². The van der Waals surface area contributed by atoms with Gasteiger partial charge in [0.15, 0.2) is 0 Å². The fourth-order valence-electron chi connectivity index (χ4n) is 2.25. The van der Waals surface area contributed by atoms with Crippen molar-refractivity contribution >= 4 is 7.60 Å². The molecule has 0 heterocycles. The van der Waals surface area contributed by atoms with E-state index < -0.39 is 7.60 Å².